The van der Waals surface area contributed by atoms with Gasteiger partial charge >= 0.3 is 0 Å². The molecule has 0 fully saturated rings. The Morgan fingerprint density at radius 3 is 2.81 bits per heavy atom. The van der Waals surface area contributed by atoms with Crippen LogP contribution < -0.4 is 5.32 Å². The molecule has 3 rings (SSSR count). The molecule has 5 nitrogen and oxygen atoms in total. The van der Waals surface area contributed by atoms with Gasteiger partial charge < -0.3 is 5.32 Å². The predicted molar refractivity (Wildman–Crippen MR) is 79.0 cm³/mol. The Kier molecular flexibility index (Phi) is 3.47. The first-order valence-electron chi connectivity index (χ1n) is 6.46. The van der Waals surface area contributed by atoms with Crippen LogP contribution in [0.3, 0.4) is 0 Å². The number of benzene rings is 1. The van der Waals surface area contributed by atoms with Gasteiger partial charge in [0, 0.05) is 10.6 Å². The lowest BCUT2D eigenvalue weighted by atomic mass is 10.1. The van der Waals surface area contributed by atoms with E-state index in [4.69, 9.17) is 11.6 Å². The van der Waals surface area contributed by atoms with E-state index in [1.165, 1.54) is 6.07 Å². The van der Waals surface area contributed by atoms with Gasteiger partial charge in [-0.2, -0.15) is 4.52 Å². The molecule has 108 valence electrons. The number of hydrogen-bond donors (Lipinski definition) is 1. The first-order valence-corrected chi connectivity index (χ1v) is 6.83. The SMILES string of the molecule is Cc1nnc2ccc(NC(C)c3c(F)cccc3Cl)nn12. The van der Waals surface area contributed by atoms with Crippen molar-refractivity contribution in [2.75, 3.05) is 5.32 Å². The second kappa shape index (κ2) is 5.29. The summed E-state index contributed by atoms with van der Waals surface area (Å²) in [5, 5.41) is 15.8. The maximum Gasteiger partial charge on any atom is 0.178 e. The number of rotatable bonds is 3. The van der Waals surface area contributed by atoms with Crippen molar-refractivity contribution in [3.05, 3.63) is 52.6 Å². The van der Waals surface area contributed by atoms with Crippen molar-refractivity contribution in [2.24, 2.45) is 0 Å². The Morgan fingerprint density at radius 2 is 2.05 bits per heavy atom. The van der Waals surface area contributed by atoms with Crippen LogP contribution in [0.5, 0.6) is 0 Å². The average Bonchev–Trinajstić information content (AvgIpc) is 2.80. The van der Waals surface area contributed by atoms with E-state index >= 15 is 0 Å². The van der Waals surface area contributed by atoms with Gasteiger partial charge in [-0.3, -0.25) is 0 Å². The summed E-state index contributed by atoms with van der Waals surface area (Å²) in [5.74, 6) is 0.937. The van der Waals surface area contributed by atoms with Gasteiger partial charge in [0.1, 0.15) is 11.6 Å². The topological polar surface area (TPSA) is 55.1 Å². The lowest BCUT2D eigenvalue weighted by molar-refractivity contribution is 0.600. The molecule has 3 aromatic rings. The molecule has 0 radical (unpaired) electrons. The third-order valence-corrected chi connectivity index (χ3v) is 3.55. The summed E-state index contributed by atoms with van der Waals surface area (Å²) in [7, 11) is 0. The molecule has 1 unspecified atom stereocenters. The minimum absolute atomic E-state index is 0.319. The highest BCUT2D eigenvalue weighted by molar-refractivity contribution is 6.31. The van der Waals surface area contributed by atoms with Crippen molar-refractivity contribution in [1.29, 1.82) is 0 Å². The Labute approximate surface area is 125 Å². The molecule has 1 atom stereocenters. The third kappa shape index (κ3) is 2.54. The van der Waals surface area contributed by atoms with Gasteiger partial charge in [0.15, 0.2) is 11.5 Å². The second-order valence-corrected chi connectivity index (χ2v) is 5.14. The number of nitrogens with one attached hydrogen (secondary N) is 1. The molecular formula is C14H13ClFN5. The molecule has 0 spiro atoms. The van der Waals surface area contributed by atoms with Crippen LogP contribution >= 0.6 is 11.6 Å². The number of halogens is 2. The molecule has 0 amide bonds. The summed E-state index contributed by atoms with van der Waals surface area (Å²) in [5.41, 5.74) is 1.08. The van der Waals surface area contributed by atoms with Gasteiger partial charge in [-0.15, -0.1) is 15.3 Å². The fourth-order valence-corrected chi connectivity index (χ4v) is 2.52. The van der Waals surface area contributed by atoms with E-state index in [-0.39, 0.29) is 11.9 Å². The van der Waals surface area contributed by atoms with Gasteiger partial charge in [-0.1, -0.05) is 17.7 Å². The monoisotopic (exact) mass is 305 g/mol. The minimum Gasteiger partial charge on any atom is -0.362 e. The van der Waals surface area contributed by atoms with Gasteiger partial charge in [0.05, 0.1) is 6.04 Å². The highest BCUT2D eigenvalue weighted by Crippen LogP contribution is 2.27. The predicted octanol–water partition coefficient (Wildman–Crippen LogP) is 3.40. The molecule has 2 aromatic heterocycles. The first kappa shape index (κ1) is 13.8. The Balaban J connectivity index is 1.92. The van der Waals surface area contributed by atoms with Crippen molar-refractivity contribution in [3.8, 4) is 0 Å². The normalized spacial score (nSPS) is 12.6. The van der Waals surface area contributed by atoms with Crippen molar-refractivity contribution in [1.82, 2.24) is 19.8 Å². The first-order chi connectivity index (χ1) is 10.1. The maximum absolute atomic E-state index is 13.9. The highest BCUT2D eigenvalue weighted by Gasteiger charge is 2.15. The molecule has 0 saturated heterocycles. The van der Waals surface area contributed by atoms with Crippen LogP contribution in [0.15, 0.2) is 30.3 Å². The number of anilines is 1. The summed E-state index contributed by atoms with van der Waals surface area (Å²) in [6, 6.07) is 7.89. The van der Waals surface area contributed by atoms with Crippen LogP contribution in [0.2, 0.25) is 5.02 Å². The van der Waals surface area contributed by atoms with E-state index in [2.05, 4.69) is 20.6 Å². The molecular weight excluding hydrogens is 293 g/mol. The zero-order valence-corrected chi connectivity index (χ0v) is 12.3. The number of aryl methyl sites for hydroxylation is 1. The van der Waals surface area contributed by atoms with Crippen LogP contribution in [0.4, 0.5) is 10.2 Å². The molecule has 7 heteroatoms. The molecule has 1 aromatic carbocycles. The molecule has 0 bridgehead atoms. The Hall–Kier alpha value is -2.21. The van der Waals surface area contributed by atoms with Crippen LogP contribution in [0.1, 0.15) is 24.4 Å². The molecule has 0 saturated carbocycles. The fourth-order valence-electron chi connectivity index (χ4n) is 2.19. The molecule has 21 heavy (non-hydrogen) atoms. The van der Waals surface area contributed by atoms with Crippen molar-refractivity contribution >= 4 is 23.1 Å². The molecule has 1 N–H and O–H groups in total. The summed E-state index contributed by atoms with van der Waals surface area (Å²) in [6.45, 7) is 3.64. The average molecular weight is 306 g/mol. The lowest BCUT2D eigenvalue weighted by Crippen LogP contribution is -2.11. The van der Waals surface area contributed by atoms with E-state index in [0.717, 1.165) is 0 Å². The third-order valence-electron chi connectivity index (χ3n) is 3.22. The minimum atomic E-state index is -0.343. The maximum atomic E-state index is 13.9. The Morgan fingerprint density at radius 1 is 1.24 bits per heavy atom. The van der Waals surface area contributed by atoms with Crippen LogP contribution in [-0.4, -0.2) is 19.8 Å². The van der Waals surface area contributed by atoms with Gasteiger partial charge in [0.25, 0.3) is 0 Å². The zero-order chi connectivity index (χ0) is 15.0. The largest absolute Gasteiger partial charge is 0.362 e. The van der Waals surface area contributed by atoms with Crippen molar-refractivity contribution in [3.63, 3.8) is 0 Å². The summed E-state index contributed by atoms with van der Waals surface area (Å²) in [6.07, 6.45) is 0. The fraction of sp³-hybridized carbons (Fsp3) is 0.214. The molecule has 0 aliphatic carbocycles. The number of hydrogen-bond acceptors (Lipinski definition) is 4. The van der Waals surface area contributed by atoms with Crippen molar-refractivity contribution in [2.45, 2.75) is 19.9 Å². The van der Waals surface area contributed by atoms with E-state index in [0.29, 0.717) is 27.9 Å². The number of nitrogens with zero attached hydrogens (tertiary/aromatic N) is 4. The molecule has 2 heterocycles. The Bertz CT molecular complexity index is 781. The van der Waals surface area contributed by atoms with E-state index in [1.807, 2.05) is 13.8 Å². The summed E-state index contributed by atoms with van der Waals surface area (Å²) < 4.78 is 15.5. The summed E-state index contributed by atoms with van der Waals surface area (Å²) in [4.78, 5) is 0. The van der Waals surface area contributed by atoms with Gasteiger partial charge in [-0.25, -0.2) is 4.39 Å². The van der Waals surface area contributed by atoms with E-state index in [9.17, 15) is 4.39 Å². The van der Waals surface area contributed by atoms with Crippen LogP contribution in [0, 0.1) is 12.7 Å². The highest BCUT2D eigenvalue weighted by atomic mass is 35.5. The quantitative estimate of drug-likeness (QED) is 0.806. The van der Waals surface area contributed by atoms with Crippen molar-refractivity contribution < 1.29 is 4.39 Å². The molecule has 0 aliphatic rings. The summed E-state index contributed by atoms with van der Waals surface area (Å²) >= 11 is 6.07. The second-order valence-electron chi connectivity index (χ2n) is 4.74. The standard InChI is InChI=1S/C14H13ClFN5/c1-8(14-10(15)4-3-5-11(14)16)17-12-6-7-13-19-18-9(2)21(13)20-12/h3-8H,1-2H3,(H,17,20). The van der Waals surface area contributed by atoms with Gasteiger partial charge in [-0.05, 0) is 38.1 Å². The zero-order valence-electron chi connectivity index (χ0n) is 11.5. The number of aromatic nitrogens is 4. The van der Waals surface area contributed by atoms with Crippen LogP contribution in [-0.2, 0) is 0 Å². The lowest BCUT2D eigenvalue weighted by Gasteiger charge is -2.17. The molecule has 0 aliphatic heterocycles. The smallest absolute Gasteiger partial charge is 0.178 e. The van der Waals surface area contributed by atoms with E-state index in [1.54, 1.807) is 28.8 Å². The number of fused-ring (bicyclic) bond motifs is 1. The van der Waals surface area contributed by atoms with Gasteiger partial charge in [0.2, 0.25) is 0 Å². The van der Waals surface area contributed by atoms with Crippen LogP contribution in [0.25, 0.3) is 5.65 Å². The van der Waals surface area contributed by atoms with E-state index < -0.39 is 0 Å².